The lowest BCUT2D eigenvalue weighted by Crippen LogP contribution is -2.03. The summed E-state index contributed by atoms with van der Waals surface area (Å²) in [5.74, 6) is 1.20. The summed E-state index contributed by atoms with van der Waals surface area (Å²) >= 11 is 6.16. The van der Waals surface area contributed by atoms with Crippen LogP contribution in [0.1, 0.15) is 0 Å². The van der Waals surface area contributed by atoms with Crippen LogP contribution in [0.4, 0.5) is 5.82 Å². The van der Waals surface area contributed by atoms with Crippen molar-refractivity contribution in [3.8, 4) is 17.1 Å². The molecule has 0 saturated heterocycles. The van der Waals surface area contributed by atoms with E-state index in [1.165, 1.54) is 0 Å². The van der Waals surface area contributed by atoms with E-state index in [1.54, 1.807) is 16.9 Å². The summed E-state index contributed by atoms with van der Waals surface area (Å²) in [5.41, 5.74) is 7.56. The number of hydrogen-bond donors (Lipinski definition) is 1. The SMILES string of the molecule is Nc1cc(-c2ccccc2Cl)nn1-c1ccccn1. The molecular weight excluding hydrogens is 260 g/mol. The molecule has 94 valence electrons. The number of hydrogen-bond acceptors (Lipinski definition) is 3. The molecule has 0 aliphatic heterocycles. The van der Waals surface area contributed by atoms with Gasteiger partial charge in [-0.1, -0.05) is 35.9 Å². The molecule has 3 rings (SSSR count). The fourth-order valence-corrected chi connectivity index (χ4v) is 2.09. The second kappa shape index (κ2) is 4.74. The van der Waals surface area contributed by atoms with Crippen LogP contribution in [0.3, 0.4) is 0 Å². The quantitative estimate of drug-likeness (QED) is 0.778. The third kappa shape index (κ3) is 2.18. The zero-order chi connectivity index (χ0) is 13.2. The van der Waals surface area contributed by atoms with Crippen molar-refractivity contribution in [3.63, 3.8) is 0 Å². The number of nitrogen functional groups attached to an aromatic ring is 1. The second-order valence-corrected chi connectivity index (χ2v) is 4.44. The van der Waals surface area contributed by atoms with Crippen LogP contribution in [0.5, 0.6) is 0 Å². The van der Waals surface area contributed by atoms with E-state index in [0.717, 1.165) is 11.3 Å². The first-order chi connectivity index (χ1) is 9.25. The van der Waals surface area contributed by atoms with Crippen LogP contribution < -0.4 is 5.73 Å². The number of aromatic nitrogens is 3. The molecule has 0 atom stereocenters. The lowest BCUT2D eigenvalue weighted by Gasteiger charge is -2.01. The minimum Gasteiger partial charge on any atom is -0.384 e. The van der Waals surface area contributed by atoms with Gasteiger partial charge in [-0.2, -0.15) is 9.78 Å². The summed E-state index contributed by atoms with van der Waals surface area (Å²) < 4.78 is 1.60. The molecule has 0 saturated carbocycles. The molecule has 4 nitrogen and oxygen atoms in total. The summed E-state index contributed by atoms with van der Waals surface area (Å²) in [6.07, 6.45) is 1.70. The molecule has 0 aliphatic carbocycles. The monoisotopic (exact) mass is 270 g/mol. The predicted molar refractivity (Wildman–Crippen MR) is 76.2 cm³/mol. The Morgan fingerprint density at radius 2 is 1.84 bits per heavy atom. The smallest absolute Gasteiger partial charge is 0.155 e. The average Bonchev–Trinajstić information content (AvgIpc) is 2.82. The second-order valence-electron chi connectivity index (χ2n) is 4.03. The van der Waals surface area contributed by atoms with Gasteiger partial charge in [-0.25, -0.2) is 4.98 Å². The minimum absolute atomic E-state index is 0.522. The maximum atomic E-state index is 6.16. The normalized spacial score (nSPS) is 10.6. The summed E-state index contributed by atoms with van der Waals surface area (Å²) in [4.78, 5) is 4.23. The molecule has 19 heavy (non-hydrogen) atoms. The molecule has 2 heterocycles. The Kier molecular flexibility index (Phi) is 2.93. The van der Waals surface area contributed by atoms with Gasteiger partial charge in [0.1, 0.15) is 5.82 Å². The molecular formula is C14H11ClN4. The van der Waals surface area contributed by atoms with E-state index in [-0.39, 0.29) is 0 Å². The maximum absolute atomic E-state index is 6.16. The molecule has 0 fully saturated rings. The first-order valence-electron chi connectivity index (χ1n) is 5.77. The van der Waals surface area contributed by atoms with Crippen molar-refractivity contribution in [2.75, 3.05) is 5.73 Å². The standard InChI is InChI=1S/C14H11ClN4/c15-11-6-2-1-5-10(11)12-9-13(16)19(18-12)14-7-3-4-8-17-14/h1-9H,16H2. The molecule has 2 aromatic heterocycles. The van der Waals surface area contributed by atoms with Gasteiger partial charge < -0.3 is 5.73 Å². The number of benzene rings is 1. The van der Waals surface area contributed by atoms with Gasteiger partial charge in [-0.05, 0) is 18.2 Å². The van der Waals surface area contributed by atoms with Crippen molar-refractivity contribution in [1.29, 1.82) is 0 Å². The van der Waals surface area contributed by atoms with Crippen LogP contribution in [0.25, 0.3) is 17.1 Å². The highest BCUT2D eigenvalue weighted by molar-refractivity contribution is 6.33. The lowest BCUT2D eigenvalue weighted by atomic mass is 10.1. The highest BCUT2D eigenvalue weighted by Crippen LogP contribution is 2.28. The van der Waals surface area contributed by atoms with E-state index in [0.29, 0.717) is 16.7 Å². The predicted octanol–water partition coefficient (Wildman–Crippen LogP) is 3.17. The third-order valence-electron chi connectivity index (χ3n) is 2.75. The van der Waals surface area contributed by atoms with Crippen molar-refractivity contribution >= 4 is 17.4 Å². The van der Waals surface area contributed by atoms with Crippen molar-refractivity contribution < 1.29 is 0 Å². The number of pyridine rings is 1. The summed E-state index contributed by atoms with van der Waals surface area (Å²) in [7, 11) is 0. The first kappa shape index (κ1) is 11.7. The lowest BCUT2D eigenvalue weighted by molar-refractivity contribution is 0.860. The van der Waals surface area contributed by atoms with E-state index < -0.39 is 0 Å². The fraction of sp³-hybridized carbons (Fsp3) is 0. The Hall–Kier alpha value is -2.33. The zero-order valence-corrected chi connectivity index (χ0v) is 10.7. The van der Waals surface area contributed by atoms with Crippen molar-refractivity contribution in [2.45, 2.75) is 0 Å². The molecule has 0 bridgehead atoms. The number of halogens is 1. The van der Waals surface area contributed by atoms with Gasteiger partial charge in [0.15, 0.2) is 5.82 Å². The average molecular weight is 271 g/mol. The summed E-state index contributed by atoms with van der Waals surface area (Å²) in [6.45, 7) is 0. The molecule has 0 amide bonds. The first-order valence-corrected chi connectivity index (χ1v) is 6.15. The van der Waals surface area contributed by atoms with Crippen LogP contribution in [-0.2, 0) is 0 Å². The van der Waals surface area contributed by atoms with Gasteiger partial charge in [-0.3, -0.25) is 0 Å². The van der Waals surface area contributed by atoms with Gasteiger partial charge in [-0.15, -0.1) is 0 Å². The largest absolute Gasteiger partial charge is 0.384 e. The number of anilines is 1. The molecule has 0 radical (unpaired) electrons. The highest BCUT2D eigenvalue weighted by atomic mass is 35.5. The third-order valence-corrected chi connectivity index (χ3v) is 3.08. The zero-order valence-electron chi connectivity index (χ0n) is 9.99. The van der Waals surface area contributed by atoms with Crippen molar-refractivity contribution in [2.24, 2.45) is 0 Å². The Bertz CT molecular complexity index is 706. The molecule has 2 N–H and O–H groups in total. The number of nitrogens with zero attached hydrogens (tertiary/aromatic N) is 3. The Labute approximate surface area is 115 Å². The molecule has 5 heteroatoms. The Balaban J connectivity index is 2.10. The Morgan fingerprint density at radius 3 is 2.58 bits per heavy atom. The van der Waals surface area contributed by atoms with Gasteiger partial charge >= 0.3 is 0 Å². The van der Waals surface area contributed by atoms with Gasteiger partial charge in [0.25, 0.3) is 0 Å². The topological polar surface area (TPSA) is 56.7 Å². The number of rotatable bonds is 2. The van der Waals surface area contributed by atoms with Crippen molar-refractivity contribution in [1.82, 2.24) is 14.8 Å². The molecule has 0 spiro atoms. The number of nitrogens with two attached hydrogens (primary N) is 1. The molecule has 3 aromatic rings. The van der Waals surface area contributed by atoms with E-state index in [9.17, 15) is 0 Å². The van der Waals surface area contributed by atoms with Gasteiger partial charge in [0.05, 0.1) is 10.7 Å². The van der Waals surface area contributed by atoms with Crippen LogP contribution >= 0.6 is 11.6 Å². The molecule has 0 aliphatic rings. The Morgan fingerprint density at radius 1 is 1.05 bits per heavy atom. The minimum atomic E-state index is 0.522. The van der Waals surface area contributed by atoms with E-state index in [1.807, 2.05) is 42.5 Å². The van der Waals surface area contributed by atoms with E-state index >= 15 is 0 Å². The van der Waals surface area contributed by atoms with Crippen molar-refractivity contribution in [3.05, 3.63) is 59.8 Å². The van der Waals surface area contributed by atoms with E-state index in [2.05, 4.69) is 10.1 Å². The van der Waals surface area contributed by atoms with Crippen LogP contribution in [0.15, 0.2) is 54.7 Å². The highest BCUT2D eigenvalue weighted by Gasteiger charge is 2.11. The van der Waals surface area contributed by atoms with E-state index in [4.69, 9.17) is 17.3 Å². The molecule has 1 aromatic carbocycles. The summed E-state index contributed by atoms with van der Waals surface area (Å²) in [6, 6.07) is 14.9. The van der Waals surface area contributed by atoms with Crippen LogP contribution in [0.2, 0.25) is 5.02 Å². The van der Waals surface area contributed by atoms with Gasteiger partial charge in [0, 0.05) is 17.8 Å². The van der Waals surface area contributed by atoms with Gasteiger partial charge in [0.2, 0.25) is 0 Å². The fourth-order valence-electron chi connectivity index (χ4n) is 1.86. The van der Waals surface area contributed by atoms with Crippen LogP contribution in [0, 0.1) is 0 Å². The van der Waals surface area contributed by atoms with Crippen LogP contribution in [-0.4, -0.2) is 14.8 Å². The maximum Gasteiger partial charge on any atom is 0.155 e. The molecule has 0 unspecified atom stereocenters. The summed E-state index contributed by atoms with van der Waals surface area (Å²) in [5, 5.41) is 5.10.